The van der Waals surface area contributed by atoms with E-state index in [2.05, 4.69) is 10.2 Å². The van der Waals surface area contributed by atoms with Crippen LogP contribution in [0.15, 0.2) is 0 Å². The monoisotopic (exact) mass is 222 g/mol. The van der Waals surface area contributed by atoms with Crippen molar-refractivity contribution < 1.29 is 4.79 Å². The van der Waals surface area contributed by atoms with Crippen molar-refractivity contribution in [3.05, 3.63) is 0 Å². The quantitative estimate of drug-likeness (QED) is 0.782. The molecule has 3 nitrogen and oxygen atoms in total. The standard InChI is InChI=1S/C13H22N2O/c16-13-7-11(9-15(13)12-5-6-12)14-8-10-3-1-2-4-10/h10-12,14H,1-9H2. The second-order valence-electron chi connectivity index (χ2n) is 5.74. The summed E-state index contributed by atoms with van der Waals surface area (Å²) in [5.74, 6) is 1.26. The van der Waals surface area contributed by atoms with Crippen LogP contribution in [0.3, 0.4) is 0 Å². The maximum absolute atomic E-state index is 11.7. The Morgan fingerprint density at radius 3 is 2.62 bits per heavy atom. The smallest absolute Gasteiger partial charge is 0.224 e. The molecule has 0 aromatic rings. The number of carbonyl (C=O) groups excluding carboxylic acids is 1. The highest BCUT2D eigenvalue weighted by Crippen LogP contribution is 2.31. The molecule has 1 N–H and O–H groups in total. The number of amides is 1. The minimum Gasteiger partial charge on any atom is -0.338 e. The van der Waals surface area contributed by atoms with Crippen molar-refractivity contribution in [3.63, 3.8) is 0 Å². The van der Waals surface area contributed by atoms with E-state index in [4.69, 9.17) is 0 Å². The number of rotatable bonds is 4. The molecule has 1 atom stereocenters. The summed E-state index contributed by atoms with van der Waals surface area (Å²) in [5.41, 5.74) is 0. The summed E-state index contributed by atoms with van der Waals surface area (Å²) in [4.78, 5) is 13.9. The molecule has 1 saturated heterocycles. The first kappa shape index (κ1) is 10.6. The summed E-state index contributed by atoms with van der Waals surface area (Å²) in [6.45, 7) is 2.10. The average molecular weight is 222 g/mol. The summed E-state index contributed by atoms with van der Waals surface area (Å²) >= 11 is 0. The van der Waals surface area contributed by atoms with Crippen molar-refractivity contribution in [1.29, 1.82) is 0 Å². The summed E-state index contributed by atoms with van der Waals surface area (Å²) in [6.07, 6.45) is 8.81. The van der Waals surface area contributed by atoms with Gasteiger partial charge in [-0.1, -0.05) is 12.8 Å². The summed E-state index contributed by atoms with van der Waals surface area (Å²) < 4.78 is 0. The van der Waals surface area contributed by atoms with Crippen molar-refractivity contribution >= 4 is 5.91 Å². The zero-order valence-corrected chi connectivity index (χ0v) is 9.95. The number of nitrogens with zero attached hydrogens (tertiary/aromatic N) is 1. The zero-order chi connectivity index (χ0) is 11.0. The first-order valence-electron chi connectivity index (χ1n) is 6.86. The first-order chi connectivity index (χ1) is 7.83. The fourth-order valence-corrected chi connectivity index (χ4v) is 3.16. The van der Waals surface area contributed by atoms with E-state index in [1.165, 1.54) is 38.5 Å². The fourth-order valence-electron chi connectivity index (χ4n) is 3.16. The van der Waals surface area contributed by atoms with Gasteiger partial charge in [0.15, 0.2) is 0 Å². The third-order valence-electron chi connectivity index (χ3n) is 4.32. The van der Waals surface area contributed by atoms with E-state index in [-0.39, 0.29) is 0 Å². The minimum absolute atomic E-state index is 0.381. The van der Waals surface area contributed by atoms with Crippen molar-refractivity contribution in [3.8, 4) is 0 Å². The minimum atomic E-state index is 0.381. The number of carbonyl (C=O) groups is 1. The van der Waals surface area contributed by atoms with Gasteiger partial charge in [-0.05, 0) is 38.1 Å². The molecule has 3 heteroatoms. The summed E-state index contributed by atoms with van der Waals surface area (Å²) in [6, 6.07) is 1.04. The fraction of sp³-hybridized carbons (Fsp3) is 0.923. The average Bonchev–Trinajstić information content (AvgIpc) is 2.85. The van der Waals surface area contributed by atoms with Gasteiger partial charge in [-0.25, -0.2) is 0 Å². The Kier molecular flexibility index (Phi) is 2.88. The van der Waals surface area contributed by atoms with Crippen LogP contribution in [0.1, 0.15) is 44.9 Å². The normalized spacial score (nSPS) is 31.6. The predicted molar refractivity (Wildman–Crippen MR) is 63.1 cm³/mol. The predicted octanol–water partition coefficient (Wildman–Crippen LogP) is 1.53. The SMILES string of the molecule is O=C1CC(NCC2CCCC2)CN1C1CC1. The van der Waals surface area contributed by atoms with Crippen molar-refractivity contribution in [1.82, 2.24) is 10.2 Å². The highest BCUT2D eigenvalue weighted by atomic mass is 16.2. The molecule has 16 heavy (non-hydrogen) atoms. The Labute approximate surface area is 97.6 Å². The van der Waals surface area contributed by atoms with Crippen LogP contribution in [-0.2, 0) is 4.79 Å². The maximum atomic E-state index is 11.7. The number of hydrogen-bond acceptors (Lipinski definition) is 2. The highest BCUT2D eigenvalue weighted by molar-refractivity contribution is 5.80. The van der Waals surface area contributed by atoms with Crippen molar-refractivity contribution in [2.75, 3.05) is 13.1 Å². The Morgan fingerprint density at radius 2 is 1.94 bits per heavy atom. The molecule has 90 valence electrons. The lowest BCUT2D eigenvalue weighted by molar-refractivity contribution is -0.128. The van der Waals surface area contributed by atoms with Gasteiger partial charge in [0.2, 0.25) is 5.91 Å². The number of nitrogens with one attached hydrogen (secondary N) is 1. The van der Waals surface area contributed by atoms with Crippen LogP contribution in [0.4, 0.5) is 0 Å². The Bertz CT molecular complexity index is 269. The van der Waals surface area contributed by atoms with Gasteiger partial charge in [0, 0.05) is 25.0 Å². The Hall–Kier alpha value is -0.570. The van der Waals surface area contributed by atoms with Crippen LogP contribution in [0.5, 0.6) is 0 Å². The molecule has 0 spiro atoms. The van der Waals surface area contributed by atoms with Gasteiger partial charge in [0.25, 0.3) is 0 Å². The van der Waals surface area contributed by atoms with Crippen LogP contribution in [0, 0.1) is 5.92 Å². The highest BCUT2D eigenvalue weighted by Gasteiger charge is 2.39. The van der Waals surface area contributed by atoms with Gasteiger partial charge < -0.3 is 10.2 Å². The van der Waals surface area contributed by atoms with E-state index in [9.17, 15) is 4.79 Å². The summed E-state index contributed by atoms with van der Waals surface area (Å²) in [5, 5.41) is 3.60. The molecule has 3 aliphatic rings. The topological polar surface area (TPSA) is 32.3 Å². The third kappa shape index (κ3) is 2.24. The molecular weight excluding hydrogens is 200 g/mol. The molecule has 3 fully saturated rings. The van der Waals surface area contributed by atoms with E-state index in [1.54, 1.807) is 0 Å². The molecular formula is C13H22N2O. The molecule has 1 heterocycles. The van der Waals surface area contributed by atoms with E-state index in [1.807, 2.05) is 0 Å². The molecule has 3 rings (SSSR count). The van der Waals surface area contributed by atoms with Crippen LogP contribution in [0.2, 0.25) is 0 Å². The first-order valence-corrected chi connectivity index (χ1v) is 6.86. The molecule has 0 aromatic heterocycles. The van der Waals surface area contributed by atoms with Crippen LogP contribution < -0.4 is 5.32 Å². The van der Waals surface area contributed by atoms with E-state index >= 15 is 0 Å². The molecule has 0 bridgehead atoms. The zero-order valence-electron chi connectivity index (χ0n) is 9.95. The van der Waals surface area contributed by atoms with E-state index in [0.29, 0.717) is 18.0 Å². The van der Waals surface area contributed by atoms with Crippen LogP contribution in [0.25, 0.3) is 0 Å². The second kappa shape index (κ2) is 4.36. The van der Waals surface area contributed by atoms with Gasteiger partial charge in [0.1, 0.15) is 0 Å². The molecule has 0 aromatic carbocycles. The summed E-state index contributed by atoms with van der Waals surface area (Å²) in [7, 11) is 0. The molecule has 1 unspecified atom stereocenters. The van der Waals surface area contributed by atoms with Gasteiger partial charge >= 0.3 is 0 Å². The number of likely N-dealkylation sites (tertiary alicyclic amines) is 1. The molecule has 1 aliphatic heterocycles. The lowest BCUT2D eigenvalue weighted by atomic mass is 10.1. The third-order valence-corrected chi connectivity index (χ3v) is 4.32. The number of hydrogen-bond donors (Lipinski definition) is 1. The largest absolute Gasteiger partial charge is 0.338 e. The van der Waals surface area contributed by atoms with Crippen LogP contribution in [-0.4, -0.2) is 36.0 Å². The van der Waals surface area contributed by atoms with Gasteiger partial charge in [-0.2, -0.15) is 0 Å². The lowest BCUT2D eigenvalue weighted by Gasteiger charge is -2.17. The lowest BCUT2D eigenvalue weighted by Crippen LogP contribution is -2.36. The van der Waals surface area contributed by atoms with Crippen molar-refractivity contribution in [2.45, 2.75) is 57.0 Å². The Balaban J connectivity index is 1.44. The van der Waals surface area contributed by atoms with E-state index in [0.717, 1.165) is 25.4 Å². The second-order valence-corrected chi connectivity index (χ2v) is 5.74. The maximum Gasteiger partial charge on any atom is 0.224 e. The van der Waals surface area contributed by atoms with Crippen LogP contribution >= 0.6 is 0 Å². The van der Waals surface area contributed by atoms with Crippen molar-refractivity contribution in [2.24, 2.45) is 5.92 Å². The van der Waals surface area contributed by atoms with Gasteiger partial charge in [0.05, 0.1) is 0 Å². The molecule has 2 aliphatic carbocycles. The van der Waals surface area contributed by atoms with Gasteiger partial charge in [-0.3, -0.25) is 4.79 Å². The molecule has 1 amide bonds. The Morgan fingerprint density at radius 1 is 1.19 bits per heavy atom. The van der Waals surface area contributed by atoms with E-state index < -0.39 is 0 Å². The molecule has 0 radical (unpaired) electrons. The molecule has 2 saturated carbocycles. The van der Waals surface area contributed by atoms with Gasteiger partial charge in [-0.15, -0.1) is 0 Å².